The number of hydrogen-bond donors (Lipinski definition) is 1. The molecular formula is C19H24BN2O3. The Morgan fingerprint density at radius 1 is 1.12 bits per heavy atom. The largest absolute Gasteiger partial charge is 0.485 e. The van der Waals surface area contributed by atoms with Crippen molar-refractivity contribution in [2.24, 2.45) is 0 Å². The molecule has 0 atom stereocenters. The van der Waals surface area contributed by atoms with Gasteiger partial charge < -0.3 is 19.9 Å². The second kappa shape index (κ2) is 6.69. The molecule has 2 heterocycles. The predicted molar refractivity (Wildman–Crippen MR) is 98.9 cm³/mol. The summed E-state index contributed by atoms with van der Waals surface area (Å²) in [5.41, 5.74) is 7.10. The molecular weight excluding hydrogens is 315 g/mol. The summed E-state index contributed by atoms with van der Waals surface area (Å²) in [6.07, 6.45) is 1.26. The van der Waals surface area contributed by atoms with Crippen molar-refractivity contribution in [3.05, 3.63) is 48.2 Å². The summed E-state index contributed by atoms with van der Waals surface area (Å²) >= 11 is 0. The van der Waals surface area contributed by atoms with Gasteiger partial charge in [-0.1, -0.05) is 35.8 Å². The number of benzene rings is 1. The summed E-state index contributed by atoms with van der Waals surface area (Å²) in [4.78, 5) is 4.22. The molecule has 2 aromatic rings. The first-order valence-electron chi connectivity index (χ1n) is 8.40. The van der Waals surface area contributed by atoms with Crippen molar-refractivity contribution in [1.82, 2.24) is 4.98 Å². The highest BCUT2D eigenvalue weighted by Gasteiger charge is 2.48. The highest BCUT2D eigenvalue weighted by Crippen LogP contribution is 2.37. The van der Waals surface area contributed by atoms with Crippen LogP contribution in [0.1, 0.15) is 33.3 Å². The minimum absolute atomic E-state index is 0.363. The molecule has 1 aliphatic rings. The second-order valence-electron chi connectivity index (χ2n) is 7.22. The Bertz CT molecular complexity index is 719. The van der Waals surface area contributed by atoms with Crippen molar-refractivity contribution in [2.45, 2.75) is 51.7 Å². The van der Waals surface area contributed by atoms with E-state index in [1.807, 2.05) is 71.4 Å². The molecule has 1 fully saturated rings. The van der Waals surface area contributed by atoms with Crippen LogP contribution in [0, 0.1) is 0 Å². The molecule has 25 heavy (non-hydrogen) atoms. The fraction of sp³-hybridized carbons (Fsp3) is 0.421. The van der Waals surface area contributed by atoms with Crippen LogP contribution in [0.25, 0.3) is 0 Å². The van der Waals surface area contributed by atoms with Crippen LogP contribution < -0.4 is 15.9 Å². The Morgan fingerprint density at radius 3 is 2.40 bits per heavy atom. The lowest BCUT2D eigenvalue weighted by Crippen LogP contribution is -2.41. The quantitative estimate of drug-likeness (QED) is 0.848. The first-order chi connectivity index (χ1) is 11.8. The molecule has 0 spiro atoms. The fourth-order valence-corrected chi connectivity index (χ4v) is 2.53. The Kier molecular flexibility index (Phi) is 4.76. The zero-order valence-electron chi connectivity index (χ0n) is 15.2. The molecule has 5 nitrogen and oxygen atoms in total. The summed E-state index contributed by atoms with van der Waals surface area (Å²) < 4.78 is 17.8. The third kappa shape index (κ3) is 3.97. The van der Waals surface area contributed by atoms with Gasteiger partial charge in [0.05, 0.1) is 11.2 Å². The van der Waals surface area contributed by atoms with Gasteiger partial charge in [0.15, 0.2) is 11.6 Å². The van der Waals surface area contributed by atoms with Gasteiger partial charge in [-0.25, -0.2) is 4.98 Å². The molecule has 0 aliphatic carbocycles. The van der Waals surface area contributed by atoms with E-state index in [4.69, 9.17) is 19.9 Å². The number of pyridine rings is 1. The van der Waals surface area contributed by atoms with Gasteiger partial charge in [-0.15, -0.1) is 0 Å². The molecule has 2 N–H and O–H groups in total. The van der Waals surface area contributed by atoms with E-state index >= 15 is 0 Å². The number of ether oxygens (including phenoxy) is 3. The molecule has 1 aromatic heterocycles. The van der Waals surface area contributed by atoms with E-state index in [0.29, 0.717) is 18.2 Å². The summed E-state index contributed by atoms with van der Waals surface area (Å²) in [7, 11) is 1.89. The number of rotatable bonds is 5. The van der Waals surface area contributed by atoms with E-state index in [2.05, 4.69) is 4.98 Å². The van der Waals surface area contributed by atoms with E-state index in [1.165, 1.54) is 0 Å². The molecule has 1 radical (unpaired) electrons. The monoisotopic (exact) mass is 339 g/mol. The standard InChI is InChI=1S/C19H24BN2O3/c1-18(2)19(3,4)25-17(24-18)20-14-10-15(16(21)22-11-14)23-12-13-8-6-5-7-9-13/h5-11,17H,12H2,1-4H3,(H2,21,22). The molecule has 0 unspecified atom stereocenters. The van der Waals surface area contributed by atoms with Gasteiger partial charge in [-0.2, -0.15) is 0 Å². The topological polar surface area (TPSA) is 66.6 Å². The van der Waals surface area contributed by atoms with Gasteiger partial charge in [-0.3, -0.25) is 0 Å². The average Bonchev–Trinajstić information content (AvgIpc) is 2.75. The van der Waals surface area contributed by atoms with Gasteiger partial charge >= 0.3 is 0 Å². The number of nitrogen functional groups attached to an aromatic ring is 1. The van der Waals surface area contributed by atoms with Crippen LogP contribution in [0.4, 0.5) is 5.82 Å². The minimum Gasteiger partial charge on any atom is -0.485 e. The second-order valence-corrected chi connectivity index (χ2v) is 7.22. The van der Waals surface area contributed by atoms with Crippen LogP contribution >= 0.6 is 0 Å². The van der Waals surface area contributed by atoms with E-state index in [-0.39, 0.29) is 11.2 Å². The van der Waals surface area contributed by atoms with E-state index in [0.717, 1.165) is 11.0 Å². The van der Waals surface area contributed by atoms with Crippen molar-refractivity contribution in [1.29, 1.82) is 0 Å². The molecule has 0 bridgehead atoms. The first kappa shape index (κ1) is 17.8. The van der Waals surface area contributed by atoms with E-state index in [1.54, 1.807) is 6.20 Å². The zero-order valence-corrected chi connectivity index (χ0v) is 15.2. The zero-order chi connectivity index (χ0) is 18.1. The van der Waals surface area contributed by atoms with Gasteiger partial charge in [0.25, 0.3) is 0 Å². The van der Waals surface area contributed by atoms with Crippen LogP contribution in [0.3, 0.4) is 0 Å². The highest BCUT2D eigenvalue weighted by atomic mass is 16.7. The van der Waals surface area contributed by atoms with Crippen molar-refractivity contribution < 1.29 is 14.2 Å². The van der Waals surface area contributed by atoms with Crippen molar-refractivity contribution in [2.75, 3.05) is 5.73 Å². The van der Waals surface area contributed by atoms with Crippen LogP contribution in [-0.4, -0.2) is 29.7 Å². The van der Waals surface area contributed by atoms with Gasteiger partial charge in [0.1, 0.15) is 12.8 Å². The fourth-order valence-electron chi connectivity index (χ4n) is 2.53. The van der Waals surface area contributed by atoms with Crippen molar-refractivity contribution >= 4 is 18.6 Å². The minimum atomic E-state index is -0.433. The first-order valence-corrected chi connectivity index (χ1v) is 8.40. The van der Waals surface area contributed by atoms with Gasteiger partial charge in [0.2, 0.25) is 7.28 Å². The third-order valence-electron chi connectivity index (χ3n) is 4.74. The maximum atomic E-state index is 5.99. The van der Waals surface area contributed by atoms with E-state index in [9.17, 15) is 0 Å². The number of nitrogens with two attached hydrogens (primary N) is 1. The molecule has 0 amide bonds. The van der Waals surface area contributed by atoms with Crippen LogP contribution in [-0.2, 0) is 16.1 Å². The number of aromatic nitrogens is 1. The SMILES string of the molecule is CC1(C)OC([B]c2cnc(N)c(OCc3ccccc3)c2)OC1(C)C. The molecule has 0 saturated carbocycles. The third-order valence-corrected chi connectivity index (χ3v) is 4.74. The summed E-state index contributed by atoms with van der Waals surface area (Å²) in [6.45, 7) is 8.53. The normalized spacial score (nSPS) is 18.9. The van der Waals surface area contributed by atoms with Crippen molar-refractivity contribution in [3.8, 4) is 5.75 Å². The highest BCUT2D eigenvalue weighted by molar-refractivity contribution is 6.54. The molecule has 1 aromatic carbocycles. The smallest absolute Gasteiger partial charge is 0.228 e. The maximum absolute atomic E-state index is 5.99. The van der Waals surface area contributed by atoms with Crippen LogP contribution in [0.5, 0.6) is 5.75 Å². The molecule has 3 rings (SSSR count). The van der Waals surface area contributed by atoms with E-state index < -0.39 is 6.19 Å². The van der Waals surface area contributed by atoms with Crippen LogP contribution in [0.2, 0.25) is 0 Å². The number of hydrogen-bond acceptors (Lipinski definition) is 5. The summed E-state index contributed by atoms with van der Waals surface area (Å²) in [6, 6.07) is 11.8. The Morgan fingerprint density at radius 2 is 1.76 bits per heavy atom. The molecule has 1 aliphatic heterocycles. The van der Waals surface area contributed by atoms with Gasteiger partial charge in [0, 0.05) is 6.20 Å². The summed E-state index contributed by atoms with van der Waals surface area (Å²) in [5, 5.41) is 0. The maximum Gasteiger partial charge on any atom is 0.228 e. The Hall–Kier alpha value is -2.05. The van der Waals surface area contributed by atoms with Crippen molar-refractivity contribution in [3.63, 3.8) is 0 Å². The predicted octanol–water partition coefficient (Wildman–Crippen LogP) is 2.46. The Balaban J connectivity index is 1.68. The number of nitrogens with zero attached hydrogens (tertiary/aromatic N) is 1. The number of anilines is 1. The average molecular weight is 339 g/mol. The molecule has 6 heteroatoms. The van der Waals surface area contributed by atoms with Gasteiger partial charge in [-0.05, 0) is 39.3 Å². The lowest BCUT2D eigenvalue weighted by atomic mass is 9.70. The Labute approximate surface area is 149 Å². The van der Waals surface area contributed by atoms with Crippen LogP contribution in [0.15, 0.2) is 42.6 Å². The molecule has 131 valence electrons. The summed E-state index contributed by atoms with van der Waals surface area (Å²) in [5.74, 6) is 0.913. The lowest BCUT2D eigenvalue weighted by Gasteiger charge is -2.30. The molecule has 1 saturated heterocycles. The lowest BCUT2D eigenvalue weighted by molar-refractivity contribution is -0.0267.